The quantitative estimate of drug-likeness (QED) is 0.604. The van der Waals surface area contributed by atoms with Gasteiger partial charge in [-0.3, -0.25) is 0 Å². The molecule has 0 fully saturated rings. The van der Waals surface area contributed by atoms with E-state index in [1.807, 2.05) is 43.3 Å². The van der Waals surface area contributed by atoms with Gasteiger partial charge in [0.05, 0.1) is 11.4 Å². The average molecular weight is 392 g/mol. The Kier molecular flexibility index (Phi) is 4.84. The smallest absolute Gasteiger partial charge is 0.123 e. The van der Waals surface area contributed by atoms with Gasteiger partial charge in [-0.05, 0) is 55.0 Å². The van der Waals surface area contributed by atoms with E-state index in [9.17, 15) is 0 Å². The van der Waals surface area contributed by atoms with Crippen molar-refractivity contribution >= 4 is 34.5 Å². The molecule has 3 aromatic rings. The summed E-state index contributed by atoms with van der Waals surface area (Å²) in [5.74, 6) is 0.509. The highest BCUT2D eigenvalue weighted by Crippen LogP contribution is 2.37. The lowest BCUT2D eigenvalue weighted by Crippen LogP contribution is -2.24. The van der Waals surface area contributed by atoms with Crippen molar-refractivity contribution < 1.29 is 0 Å². The number of fused-ring (bicyclic) bond motifs is 1. The van der Waals surface area contributed by atoms with Crippen LogP contribution in [0.1, 0.15) is 12.5 Å². The van der Waals surface area contributed by atoms with Crippen molar-refractivity contribution in [3.8, 4) is 11.1 Å². The van der Waals surface area contributed by atoms with Crippen LogP contribution >= 0.6 is 11.6 Å². The summed E-state index contributed by atoms with van der Waals surface area (Å²) in [5, 5.41) is 4.19. The first-order valence-corrected chi connectivity index (χ1v) is 9.50. The van der Waals surface area contributed by atoms with Gasteiger partial charge < -0.3 is 21.7 Å². The van der Waals surface area contributed by atoms with Gasteiger partial charge >= 0.3 is 0 Å². The summed E-state index contributed by atoms with van der Waals surface area (Å²) in [5.41, 5.74) is 19.0. The minimum Gasteiger partial charge on any atom is -0.401 e. The van der Waals surface area contributed by atoms with E-state index in [4.69, 9.17) is 23.1 Å². The molecule has 5 N–H and O–H groups in total. The van der Waals surface area contributed by atoms with E-state index in [1.54, 1.807) is 6.20 Å². The molecule has 5 nitrogen and oxygen atoms in total. The largest absolute Gasteiger partial charge is 0.401 e. The van der Waals surface area contributed by atoms with E-state index in [-0.39, 0.29) is 0 Å². The molecule has 6 heteroatoms. The highest BCUT2D eigenvalue weighted by Gasteiger charge is 2.21. The number of nitrogens with zero attached hydrogens (tertiary/aromatic N) is 2. The number of nitrogen functional groups attached to an aromatic ring is 1. The number of aromatic nitrogens is 1. The highest BCUT2D eigenvalue weighted by atomic mass is 35.5. The fraction of sp³-hybridized carbons (Fsp3) is 0.136. The van der Waals surface area contributed by atoms with Crippen molar-refractivity contribution in [3.05, 3.63) is 77.1 Å². The molecular formula is C22H22ClN5. The number of nitrogens with two attached hydrogens (primary N) is 2. The Labute approximate surface area is 169 Å². The van der Waals surface area contributed by atoms with Crippen LogP contribution in [0.3, 0.4) is 0 Å². The van der Waals surface area contributed by atoms with Crippen LogP contribution in [-0.2, 0) is 0 Å². The predicted molar refractivity (Wildman–Crippen MR) is 117 cm³/mol. The van der Waals surface area contributed by atoms with E-state index in [0.29, 0.717) is 5.82 Å². The fourth-order valence-electron chi connectivity index (χ4n) is 3.47. The van der Waals surface area contributed by atoms with E-state index in [0.717, 1.165) is 57.6 Å². The summed E-state index contributed by atoms with van der Waals surface area (Å²) < 4.78 is 0. The third-order valence-electron chi connectivity index (χ3n) is 4.85. The Hall–Kier alpha value is -3.18. The molecule has 2 aromatic carbocycles. The van der Waals surface area contributed by atoms with E-state index in [2.05, 4.69) is 33.4 Å². The third-order valence-corrected chi connectivity index (χ3v) is 5.10. The molecule has 0 saturated heterocycles. The summed E-state index contributed by atoms with van der Waals surface area (Å²) >= 11 is 6.09. The first-order valence-electron chi connectivity index (χ1n) is 9.12. The van der Waals surface area contributed by atoms with Crippen LogP contribution in [0.2, 0.25) is 5.02 Å². The van der Waals surface area contributed by atoms with Gasteiger partial charge in [-0.15, -0.1) is 0 Å². The number of hydrogen-bond acceptors (Lipinski definition) is 5. The second-order valence-electron chi connectivity index (χ2n) is 6.82. The van der Waals surface area contributed by atoms with Crippen LogP contribution in [0.4, 0.5) is 17.2 Å². The molecule has 4 rings (SSSR count). The molecule has 28 heavy (non-hydrogen) atoms. The topological polar surface area (TPSA) is 80.2 Å². The van der Waals surface area contributed by atoms with Gasteiger partial charge in [0.15, 0.2) is 0 Å². The molecule has 0 radical (unpaired) electrons. The normalized spacial score (nSPS) is 15.4. The van der Waals surface area contributed by atoms with Crippen LogP contribution in [-0.4, -0.2) is 18.1 Å². The Balaban J connectivity index is 1.88. The molecule has 0 spiro atoms. The molecule has 0 saturated carbocycles. The molecule has 1 aliphatic rings. The summed E-state index contributed by atoms with van der Waals surface area (Å²) in [4.78, 5) is 6.50. The summed E-state index contributed by atoms with van der Waals surface area (Å²) in [6.07, 6.45) is 1.80. The maximum Gasteiger partial charge on any atom is 0.123 e. The zero-order valence-corrected chi connectivity index (χ0v) is 16.4. The number of hydrogen-bond donors (Lipinski definition) is 3. The molecule has 0 amide bonds. The molecule has 1 aliphatic heterocycles. The predicted octanol–water partition coefficient (Wildman–Crippen LogP) is 4.37. The lowest BCUT2D eigenvalue weighted by molar-refractivity contribution is 0.846. The van der Waals surface area contributed by atoms with Crippen molar-refractivity contribution in [1.29, 1.82) is 0 Å². The van der Waals surface area contributed by atoms with Crippen molar-refractivity contribution in [3.63, 3.8) is 0 Å². The van der Waals surface area contributed by atoms with Gasteiger partial charge in [0, 0.05) is 46.8 Å². The highest BCUT2D eigenvalue weighted by molar-refractivity contribution is 6.30. The van der Waals surface area contributed by atoms with E-state index in [1.165, 1.54) is 0 Å². The lowest BCUT2D eigenvalue weighted by Gasteiger charge is -2.25. The summed E-state index contributed by atoms with van der Waals surface area (Å²) in [6, 6.07) is 18.1. The SMILES string of the molecule is C/C(N)=C1/NCCN(c2ccc(Cl)cc2)c2cc(-c3ccc(N)nc3)ccc21. The van der Waals surface area contributed by atoms with Gasteiger partial charge in [0.2, 0.25) is 0 Å². The van der Waals surface area contributed by atoms with Gasteiger partial charge in [0.25, 0.3) is 0 Å². The van der Waals surface area contributed by atoms with Gasteiger partial charge in [-0.25, -0.2) is 4.98 Å². The minimum atomic E-state index is 0.509. The molecule has 0 bridgehead atoms. The van der Waals surface area contributed by atoms with Crippen LogP contribution in [0.5, 0.6) is 0 Å². The number of rotatable bonds is 2. The van der Waals surface area contributed by atoms with Crippen molar-refractivity contribution in [2.75, 3.05) is 23.7 Å². The monoisotopic (exact) mass is 391 g/mol. The second kappa shape index (κ2) is 7.44. The number of halogens is 1. The second-order valence-corrected chi connectivity index (χ2v) is 7.25. The molecule has 2 heterocycles. The van der Waals surface area contributed by atoms with Gasteiger partial charge in [-0.2, -0.15) is 0 Å². The Morgan fingerprint density at radius 3 is 2.50 bits per heavy atom. The third kappa shape index (κ3) is 3.49. The average Bonchev–Trinajstić information content (AvgIpc) is 2.88. The minimum absolute atomic E-state index is 0.509. The van der Waals surface area contributed by atoms with Crippen LogP contribution in [0.15, 0.2) is 66.5 Å². The standard InChI is InChI=1S/C22H22ClN5/c1-14(24)22-19-8-2-15(16-3-9-21(25)27-13-16)12-20(19)28(11-10-26-22)18-6-4-17(23)5-7-18/h2-9,12-13,26H,10-11,24H2,1H3,(H2,25,27)/b22-14-. The molecule has 0 unspecified atom stereocenters. The Morgan fingerprint density at radius 1 is 1.07 bits per heavy atom. The lowest BCUT2D eigenvalue weighted by atomic mass is 10.0. The zero-order chi connectivity index (χ0) is 19.7. The first kappa shape index (κ1) is 18.2. The van der Waals surface area contributed by atoms with Gasteiger partial charge in [-0.1, -0.05) is 23.7 Å². The van der Waals surface area contributed by atoms with Crippen molar-refractivity contribution in [1.82, 2.24) is 10.3 Å². The number of nitrogens with one attached hydrogen (secondary N) is 1. The van der Waals surface area contributed by atoms with Crippen LogP contribution < -0.4 is 21.7 Å². The molecule has 142 valence electrons. The Bertz CT molecular complexity index is 1020. The zero-order valence-electron chi connectivity index (χ0n) is 15.6. The van der Waals surface area contributed by atoms with Crippen LogP contribution in [0, 0.1) is 0 Å². The maximum absolute atomic E-state index is 6.18. The van der Waals surface area contributed by atoms with Crippen LogP contribution in [0.25, 0.3) is 16.8 Å². The van der Waals surface area contributed by atoms with E-state index < -0.39 is 0 Å². The van der Waals surface area contributed by atoms with Gasteiger partial charge in [0.1, 0.15) is 5.82 Å². The number of benzene rings is 2. The Morgan fingerprint density at radius 2 is 1.82 bits per heavy atom. The molecular weight excluding hydrogens is 370 g/mol. The fourth-order valence-corrected chi connectivity index (χ4v) is 3.60. The molecule has 1 aromatic heterocycles. The number of anilines is 3. The van der Waals surface area contributed by atoms with Crippen molar-refractivity contribution in [2.45, 2.75) is 6.92 Å². The van der Waals surface area contributed by atoms with E-state index >= 15 is 0 Å². The summed E-state index contributed by atoms with van der Waals surface area (Å²) in [7, 11) is 0. The number of allylic oxidation sites excluding steroid dienone is 1. The number of pyridine rings is 1. The van der Waals surface area contributed by atoms with Crippen molar-refractivity contribution in [2.24, 2.45) is 5.73 Å². The molecule has 0 atom stereocenters. The molecule has 0 aliphatic carbocycles. The summed E-state index contributed by atoms with van der Waals surface area (Å²) in [6.45, 7) is 3.50. The maximum atomic E-state index is 6.18. The first-order chi connectivity index (χ1) is 13.5.